The summed E-state index contributed by atoms with van der Waals surface area (Å²) in [6, 6.07) is 7.69. The molecule has 0 spiro atoms. The van der Waals surface area contributed by atoms with Gasteiger partial charge in [-0.25, -0.2) is 4.98 Å². The Balaban J connectivity index is 1.29. The van der Waals surface area contributed by atoms with Crippen LogP contribution >= 0.6 is 0 Å². The number of ether oxygens (including phenoxy) is 2. The number of benzene rings is 1. The summed E-state index contributed by atoms with van der Waals surface area (Å²) in [4.78, 5) is 35.7. The Morgan fingerprint density at radius 1 is 1.29 bits per heavy atom. The number of hydrogen-bond acceptors (Lipinski definition) is 8. The first-order valence-corrected chi connectivity index (χ1v) is 10.9. The number of amides is 2. The molecule has 1 saturated heterocycles. The second-order valence-electron chi connectivity index (χ2n) is 8.40. The fourth-order valence-corrected chi connectivity index (χ4v) is 3.71. The molecule has 10 heteroatoms. The lowest BCUT2D eigenvalue weighted by Gasteiger charge is -2.30. The monoisotopic (exact) mass is 474 g/mol. The molecule has 3 aromatic rings. The number of anilines is 1. The highest BCUT2D eigenvalue weighted by Crippen LogP contribution is 2.31. The van der Waals surface area contributed by atoms with E-state index in [1.807, 2.05) is 0 Å². The van der Waals surface area contributed by atoms with Crippen LogP contribution in [0.3, 0.4) is 0 Å². The van der Waals surface area contributed by atoms with Gasteiger partial charge in [0.25, 0.3) is 11.8 Å². The van der Waals surface area contributed by atoms with E-state index in [2.05, 4.69) is 27.1 Å². The number of rotatable bonds is 4. The Morgan fingerprint density at radius 2 is 2.14 bits per heavy atom. The molecular formula is C25H22N4O6. The van der Waals surface area contributed by atoms with E-state index in [9.17, 15) is 14.7 Å². The third-order valence-electron chi connectivity index (χ3n) is 5.71. The minimum atomic E-state index is -1.14. The van der Waals surface area contributed by atoms with Gasteiger partial charge in [-0.05, 0) is 35.9 Å². The smallest absolute Gasteiger partial charge is 0.270 e. The van der Waals surface area contributed by atoms with E-state index in [0.717, 1.165) is 11.3 Å². The molecule has 0 saturated carbocycles. The van der Waals surface area contributed by atoms with Gasteiger partial charge in [0.05, 0.1) is 24.6 Å². The number of pyridine rings is 1. The minimum Gasteiger partial charge on any atom is -0.489 e. The second kappa shape index (κ2) is 9.21. The van der Waals surface area contributed by atoms with Crippen LogP contribution in [-0.2, 0) is 16.0 Å². The van der Waals surface area contributed by atoms with Crippen molar-refractivity contribution in [2.45, 2.75) is 18.1 Å². The molecule has 0 bridgehead atoms. The zero-order valence-electron chi connectivity index (χ0n) is 18.9. The Morgan fingerprint density at radius 3 is 2.89 bits per heavy atom. The van der Waals surface area contributed by atoms with E-state index in [0.29, 0.717) is 23.4 Å². The summed E-state index contributed by atoms with van der Waals surface area (Å²) >= 11 is 0. The topological polar surface area (TPSA) is 127 Å². The van der Waals surface area contributed by atoms with E-state index < -0.39 is 17.6 Å². The fourth-order valence-electron chi connectivity index (χ4n) is 3.71. The third-order valence-corrected chi connectivity index (χ3v) is 5.71. The van der Waals surface area contributed by atoms with Crippen molar-refractivity contribution in [2.75, 3.05) is 31.8 Å². The Kier molecular flexibility index (Phi) is 5.94. The summed E-state index contributed by atoms with van der Waals surface area (Å²) in [5.74, 6) is 5.37. The SMILES string of the molecule is CN1C(=O)C(NC(=O)c2cc(Cc3cocn3)ccn2)COc2ccc(C#CC3(O)COC3)cc21. The Bertz CT molecular complexity index is 1320. The highest BCUT2D eigenvalue weighted by atomic mass is 16.5. The maximum absolute atomic E-state index is 13.1. The molecule has 2 aromatic heterocycles. The van der Waals surface area contributed by atoms with Crippen molar-refractivity contribution in [2.24, 2.45) is 0 Å². The summed E-state index contributed by atoms with van der Waals surface area (Å²) in [5.41, 5.74) is 1.73. The van der Waals surface area contributed by atoms with Gasteiger partial charge in [-0.1, -0.05) is 11.8 Å². The summed E-state index contributed by atoms with van der Waals surface area (Å²) < 4.78 is 15.8. The Labute approximate surface area is 200 Å². The minimum absolute atomic E-state index is 0.0390. The summed E-state index contributed by atoms with van der Waals surface area (Å²) in [5, 5.41) is 12.8. The molecule has 0 aliphatic carbocycles. The molecule has 2 aliphatic heterocycles. The van der Waals surface area contributed by atoms with Crippen LogP contribution in [0.15, 0.2) is 53.6 Å². The number of carbonyl (C=O) groups is 2. The van der Waals surface area contributed by atoms with Crippen molar-refractivity contribution in [3.63, 3.8) is 0 Å². The van der Waals surface area contributed by atoms with Gasteiger partial charge < -0.3 is 29.2 Å². The van der Waals surface area contributed by atoms with Crippen molar-refractivity contribution < 1.29 is 28.6 Å². The highest BCUT2D eigenvalue weighted by Gasteiger charge is 2.34. The maximum Gasteiger partial charge on any atom is 0.270 e. The number of carbonyl (C=O) groups excluding carboxylic acids is 2. The molecule has 1 atom stereocenters. The molecule has 4 heterocycles. The standard InChI is InChI=1S/C25H22N4O6/c1-29-21-10-16(4-6-25(32)13-34-14-25)2-3-22(21)35-12-20(24(29)31)28-23(30)19-9-17(5-7-26-19)8-18-11-33-15-27-18/h2-3,5,7,9-11,15,20,32H,8,12-14H2,1H3,(H,28,30). The lowest BCUT2D eigenvalue weighted by Crippen LogP contribution is -2.49. The zero-order valence-corrected chi connectivity index (χ0v) is 18.9. The number of oxazole rings is 1. The number of hydrogen-bond donors (Lipinski definition) is 2. The molecule has 35 heavy (non-hydrogen) atoms. The lowest BCUT2D eigenvalue weighted by atomic mass is 10.0. The van der Waals surface area contributed by atoms with Crippen molar-refractivity contribution in [3.8, 4) is 17.6 Å². The van der Waals surface area contributed by atoms with E-state index in [1.165, 1.54) is 23.8 Å². The molecule has 5 rings (SSSR count). The van der Waals surface area contributed by atoms with Gasteiger partial charge in [-0.15, -0.1) is 0 Å². The predicted molar refractivity (Wildman–Crippen MR) is 123 cm³/mol. The summed E-state index contributed by atoms with van der Waals surface area (Å²) in [6.07, 6.45) is 4.90. The quantitative estimate of drug-likeness (QED) is 0.535. The van der Waals surface area contributed by atoms with Crippen LogP contribution in [0.25, 0.3) is 0 Å². The van der Waals surface area contributed by atoms with Crippen LogP contribution in [0.1, 0.15) is 27.3 Å². The van der Waals surface area contributed by atoms with Crippen LogP contribution in [0.5, 0.6) is 5.75 Å². The number of likely N-dealkylation sites (N-methyl/N-ethyl adjacent to an activating group) is 1. The van der Waals surface area contributed by atoms with E-state index >= 15 is 0 Å². The summed E-state index contributed by atoms with van der Waals surface area (Å²) in [7, 11) is 1.61. The van der Waals surface area contributed by atoms with Crippen LogP contribution in [0, 0.1) is 11.8 Å². The van der Waals surface area contributed by atoms with E-state index in [1.54, 1.807) is 37.4 Å². The van der Waals surface area contributed by atoms with Crippen molar-refractivity contribution in [1.82, 2.24) is 15.3 Å². The van der Waals surface area contributed by atoms with E-state index in [4.69, 9.17) is 13.9 Å². The van der Waals surface area contributed by atoms with Crippen LogP contribution in [0.4, 0.5) is 5.69 Å². The zero-order chi connectivity index (χ0) is 24.4. The van der Waals surface area contributed by atoms with Crippen LogP contribution < -0.4 is 15.0 Å². The van der Waals surface area contributed by atoms with E-state index in [-0.39, 0.29) is 31.4 Å². The van der Waals surface area contributed by atoms with Gasteiger partial charge in [0.2, 0.25) is 0 Å². The lowest BCUT2D eigenvalue weighted by molar-refractivity contribution is -0.140. The first-order chi connectivity index (χ1) is 16.9. The largest absolute Gasteiger partial charge is 0.489 e. The van der Waals surface area contributed by atoms with Crippen LogP contribution in [0.2, 0.25) is 0 Å². The maximum atomic E-state index is 13.1. The number of aliphatic hydroxyl groups is 1. The molecule has 178 valence electrons. The molecule has 0 radical (unpaired) electrons. The number of fused-ring (bicyclic) bond motifs is 1. The highest BCUT2D eigenvalue weighted by molar-refractivity contribution is 6.03. The van der Waals surface area contributed by atoms with Crippen molar-refractivity contribution in [3.05, 3.63) is 71.7 Å². The number of nitrogens with one attached hydrogen (secondary N) is 1. The van der Waals surface area contributed by atoms with Gasteiger partial charge >= 0.3 is 0 Å². The molecule has 2 N–H and O–H groups in total. The normalized spacial score (nSPS) is 18.3. The number of nitrogens with zero attached hydrogens (tertiary/aromatic N) is 3. The Hall–Kier alpha value is -4.20. The average Bonchev–Trinajstić information content (AvgIpc) is 3.32. The second-order valence-corrected chi connectivity index (χ2v) is 8.40. The van der Waals surface area contributed by atoms with Crippen LogP contribution in [-0.4, -0.2) is 65.4 Å². The first kappa shape index (κ1) is 22.6. The van der Waals surface area contributed by atoms with Gasteiger partial charge in [0, 0.05) is 25.2 Å². The molecule has 1 fully saturated rings. The average molecular weight is 474 g/mol. The van der Waals surface area contributed by atoms with Crippen molar-refractivity contribution >= 4 is 17.5 Å². The predicted octanol–water partition coefficient (Wildman–Crippen LogP) is 0.927. The molecule has 10 nitrogen and oxygen atoms in total. The number of aromatic nitrogens is 2. The van der Waals surface area contributed by atoms with Gasteiger partial charge in [0.15, 0.2) is 12.0 Å². The third kappa shape index (κ3) is 4.87. The van der Waals surface area contributed by atoms with Crippen molar-refractivity contribution in [1.29, 1.82) is 0 Å². The molecule has 2 aliphatic rings. The molecule has 1 aromatic carbocycles. The first-order valence-electron chi connectivity index (χ1n) is 10.9. The van der Waals surface area contributed by atoms with Gasteiger partial charge in [0.1, 0.15) is 30.4 Å². The van der Waals surface area contributed by atoms with Gasteiger partial charge in [-0.2, -0.15) is 0 Å². The molecule has 1 unspecified atom stereocenters. The fraction of sp³-hybridized carbons (Fsp3) is 0.280. The molecule has 2 amide bonds. The molecular weight excluding hydrogens is 452 g/mol. The van der Waals surface area contributed by atoms with Gasteiger partial charge in [-0.3, -0.25) is 14.6 Å². The summed E-state index contributed by atoms with van der Waals surface area (Å²) in [6.45, 7) is 0.306.